The standard InChI is InChI=1S/C12H16F3NO3/c1-18-8-3-7(4-9(5-8)19-2)10(17)6-11(16)12(13,14)15/h3-5,10-11,17H,6,16H2,1-2H3/t10-,11+/m1/s1. The van der Waals surface area contributed by atoms with Crippen molar-refractivity contribution in [2.45, 2.75) is 24.7 Å². The lowest BCUT2D eigenvalue weighted by atomic mass is 10.0. The van der Waals surface area contributed by atoms with Gasteiger partial charge in [0.1, 0.15) is 17.5 Å². The summed E-state index contributed by atoms with van der Waals surface area (Å²) in [7, 11) is 2.82. The molecule has 0 aliphatic carbocycles. The van der Waals surface area contributed by atoms with E-state index in [0.29, 0.717) is 11.5 Å². The Morgan fingerprint density at radius 1 is 1.16 bits per heavy atom. The maximum atomic E-state index is 12.3. The molecule has 108 valence electrons. The smallest absolute Gasteiger partial charge is 0.403 e. The van der Waals surface area contributed by atoms with Crippen molar-refractivity contribution in [2.24, 2.45) is 5.73 Å². The van der Waals surface area contributed by atoms with Crippen molar-refractivity contribution in [1.82, 2.24) is 0 Å². The molecule has 3 N–H and O–H groups in total. The quantitative estimate of drug-likeness (QED) is 0.865. The van der Waals surface area contributed by atoms with Crippen LogP contribution in [0.25, 0.3) is 0 Å². The van der Waals surface area contributed by atoms with Crippen molar-refractivity contribution in [1.29, 1.82) is 0 Å². The topological polar surface area (TPSA) is 64.7 Å². The number of nitrogens with two attached hydrogens (primary N) is 1. The summed E-state index contributed by atoms with van der Waals surface area (Å²) in [6.45, 7) is 0. The van der Waals surface area contributed by atoms with Crippen molar-refractivity contribution in [3.8, 4) is 11.5 Å². The summed E-state index contributed by atoms with van der Waals surface area (Å²) < 4.78 is 46.9. The Morgan fingerprint density at radius 3 is 2.00 bits per heavy atom. The molecule has 0 aliphatic heterocycles. The van der Waals surface area contributed by atoms with Crippen LogP contribution >= 0.6 is 0 Å². The molecule has 0 aliphatic rings. The molecule has 0 saturated carbocycles. The molecule has 1 aromatic rings. The van der Waals surface area contributed by atoms with E-state index in [1.807, 2.05) is 0 Å². The van der Waals surface area contributed by atoms with E-state index in [9.17, 15) is 18.3 Å². The number of aliphatic hydroxyl groups excluding tert-OH is 1. The van der Waals surface area contributed by atoms with E-state index in [0.717, 1.165) is 0 Å². The van der Waals surface area contributed by atoms with Crippen LogP contribution in [0.3, 0.4) is 0 Å². The molecular weight excluding hydrogens is 263 g/mol. The number of hydrogen-bond donors (Lipinski definition) is 2. The fourth-order valence-electron chi connectivity index (χ4n) is 1.53. The van der Waals surface area contributed by atoms with Crippen molar-refractivity contribution in [2.75, 3.05) is 14.2 Å². The summed E-state index contributed by atoms with van der Waals surface area (Å²) in [5, 5.41) is 9.80. The SMILES string of the molecule is COc1cc(OC)cc([C@H](O)C[C@H](N)C(F)(F)F)c1. The lowest BCUT2D eigenvalue weighted by Crippen LogP contribution is -2.38. The first-order chi connectivity index (χ1) is 8.77. The van der Waals surface area contributed by atoms with Gasteiger partial charge < -0.3 is 20.3 Å². The predicted molar refractivity (Wildman–Crippen MR) is 63.2 cm³/mol. The molecule has 1 rings (SSSR count). The average molecular weight is 279 g/mol. The highest BCUT2D eigenvalue weighted by Gasteiger charge is 2.38. The predicted octanol–water partition coefficient (Wildman–Crippen LogP) is 2.02. The van der Waals surface area contributed by atoms with Gasteiger partial charge in [0.05, 0.1) is 20.3 Å². The van der Waals surface area contributed by atoms with Crippen molar-refractivity contribution >= 4 is 0 Å². The highest BCUT2D eigenvalue weighted by atomic mass is 19.4. The van der Waals surface area contributed by atoms with Gasteiger partial charge in [-0.25, -0.2) is 0 Å². The maximum Gasteiger partial charge on any atom is 0.403 e. The Bertz CT molecular complexity index is 401. The second-order valence-corrected chi connectivity index (χ2v) is 4.05. The number of benzene rings is 1. The molecule has 2 atom stereocenters. The van der Waals surface area contributed by atoms with Crippen LogP contribution in [0.2, 0.25) is 0 Å². The van der Waals surface area contributed by atoms with Gasteiger partial charge in [-0.15, -0.1) is 0 Å². The summed E-state index contributed by atoms with van der Waals surface area (Å²) in [5.41, 5.74) is 5.24. The zero-order valence-corrected chi connectivity index (χ0v) is 10.6. The second-order valence-electron chi connectivity index (χ2n) is 4.05. The minimum absolute atomic E-state index is 0.260. The fraction of sp³-hybridized carbons (Fsp3) is 0.500. The first kappa shape index (κ1) is 15.6. The van der Waals surface area contributed by atoms with Gasteiger partial charge in [0.15, 0.2) is 0 Å². The van der Waals surface area contributed by atoms with Crippen LogP contribution in [0.15, 0.2) is 18.2 Å². The lowest BCUT2D eigenvalue weighted by molar-refractivity contribution is -0.153. The van der Waals surface area contributed by atoms with Gasteiger partial charge >= 0.3 is 6.18 Å². The van der Waals surface area contributed by atoms with Crippen LogP contribution in [0, 0.1) is 0 Å². The number of ether oxygens (including phenoxy) is 2. The number of methoxy groups -OCH3 is 2. The highest BCUT2D eigenvalue weighted by molar-refractivity contribution is 5.39. The van der Waals surface area contributed by atoms with Gasteiger partial charge in [0.25, 0.3) is 0 Å². The van der Waals surface area contributed by atoms with Gasteiger partial charge in [-0.05, 0) is 17.7 Å². The molecule has 0 saturated heterocycles. The molecule has 0 heterocycles. The zero-order valence-electron chi connectivity index (χ0n) is 10.6. The minimum Gasteiger partial charge on any atom is -0.497 e. The van der Waals surface area contributed by atoms with Gasteiger partial charge in [-0.3, -0.25) is 0 Å². The number of alkyl halides is 3. The highest BCUT2D eigenvalue weighted by Crippen LogP contribution is 2.31. The number of halogens is 3. The molecule has 19 heavy (non-hydrogen) atoms. The Hall–Kier alpha value is -1.47. The van der Waals surface area contributed by atoms with E-state index in [-0.39, 0.29) is 5.56 Å². The number of aliphatic hydroxyl groups is 1. The van der Waals surface area contributed by atoms with Crippen molar-refractivity contribution < 1.29 is 27.8 Å². The largest absolute Gasteiger partial charge is 0.497 e. The minimum atomic E-state index is -4.54. The van der Waals surface area contributed by atoms with E-state index in [1.54, 1.807) is 6.07 Å². The molecule has 0 bridgehead atoms. The molecule has 0 spiro atoms. The fourth-order valence-corrected chi connectivity index (χ4v) is 1.53. The number of hydrogen-bond acceptors (Lipinski definition) is 4. The van der Waals surface area contributed by atoms with Crippen LogP contribution in [-0.4, -0.2) is 31.5 Å². The van der Waals surface area contributed by atoms with Crippen molar-refractivity contribution in [3.63, 3.8) is 0 Å². The zero-order chi connectivity index (χ0) is 14.6. The molecular formula is C12H16F3NO3. The average Bonchev–Trinajstić information content (AvgIpc) is 2.36. The van der Waals surface area contributed by atoms with Crippen molar-refractivity contribution in [3.05, 3.63) is 23.8 Å². The first-order valence-electron chi connectivity index (χ1n) is 5.51. The lowest BCUT2D eigenvalue weighted by Gasteiger charge is -2.20. The molecule has 0 radical (unpaired) electrons. The summed E-state index contributed by atoms with van der Waals surface area (Å²) >= 11 is 0. The van der Waals surface area contributed by atoms with Crippen LogP contribution in [0.4, 0.5) is 13.2 Å². The van der Waals surface area contributed by atoms with Gasteiger partial charge in [0, 0.05) is 12.5 Å². The monoisotopic (exact) mass is 279 g/mol. The third-order valence-electron chi connectivity index (χ3n) is 2.66. The molecule has 0 aromatic heterocycles. The third-order valence-corrected chi connectivity index (χ3v) is 2.66. The Morgan fingerprint density at radius 2 is 1.63 bits per heavy atom. The first-order valence-corrected chi connectivity index (χ1v) is 5.51. The van der Waals surface area contributed by atoms with Crippen LogP contribution < -0.4 is 15.2 Å². The molecule has 0 unspecified atom stereocenters. The summed E-state index contributed by atoms with van der Waals surface area (Å²) in [4.78, 5) is 0. The Balaban J connectivity index is 2.90. The van der Waals surface area contributed by atoms with E-state index in [2.05, 4.69) is 0 Å². The summed E-state index contributed by atoms with van der Waals surface area (Å²) in [5.74, 6) is 0.767. The molecule has 4 nitrogen and oxygen atoms in total. The van der Waals surface area contributed by atoms with Gasteiger partial charge in [-0.2, -0.15) is 13.2 Å². The van der Waals surface area contributed by atoms with Crippen LogP contribution in [0.1, 0.15) is 18.1 Å². The van der Waals surface area contributed by atoms with Crippen LogP contribution in [-0.2, 0) is 0 Å². The van der Waals surface area contributed by atoms with Gasteiger partial charge in [-0.1, -0.05) is 0 Å². The molecule has 0 fully saturated rings. The second kappa shape index (κ2) is 6.12. The Labute approximate surface area is 108 Å². The van der Waals surface area contributed by atoms with E-state index in [4.69, 9.17) is 15.2 Å². The third kappa shape index (κ3) is 4.29. The molecule has 7 heteroatoms. The maximum absolute atomic E-state index is 12.3. The number of rotatable bonds is 5. The van der Waals surface area contributed by atoms with E-state index < -0.39 is 24.7 Å². The van der Waals surface area contributed by atoms with E-state index in [1.165, 1.54) is 26.4 Å². The molecule has 0 amide bonds. The summed E-state index contributed by atoms with van der Waals surface area (Å²) in [6.07, 6.45) is -6.51. The summed E-state index contributed by atoms with van der Waals surface area (Å²) in [6, 6.07) is 2.35. The van der Waals surface area contributed by atoms with Gasteiger partial charge in [0.2, 0.25) is 0 Å². The normalized spacial score (nSPS) is 14.9. The van der Waals surface area contributed by atoms with E-state index >= 15 is 0 Å². The Kier molecular flexibility index (Phi) is 5.02. The van der Waals surface area contributed by atoms with Crippen LogP contribution in [0.5, 0.6) is 11.5 Å². The molecule has 1 aromatic carbocycles.